The van der Waals surface area contributed by atoms with Crippen molar-refractivity contribution in [3.8, 4) is 33.8 Å². The molecule has 1 aliphatic heterocycles. The van der Waals surface area contributed by atoms with Crippen molar-refractivity contribution in [2.45, 2.75) is 12.0 Å². The molecule has 7 aromatic rings. The summed E-state index contributed by atoms with van der Waals surface area (Å²) in [6.07, 6.45) is 15.8. The van der Waals surface area contributed by atoms with Crippen molar-refractivity contribution in [2.75, 3.05) is 38.1 Å². The van der Waals surface area contributed by atoms with Crippen LogP contribution in [0.1, 0.15) is 17.5 Å². The van der Waals surface area contributed by atoms with Crippen molar-refractivity contribution in [1.82, 2.24) is 29.0 Å². The Morgan fingerprint density at radius 1 is 0.717 bits per heavy atom. The fraction of sp³-hybridized carbons (Fsp3) is 0.178. The van der Waals surface area contributed by atoms with Gasteiger partial charge < -0.3 is 9.80 Å². The van der Waals surface area contributed by atoms with Crippen LogP contribution in [0.4, 0.5) is 10.2 Å². The smallest absolute Gasteiger partial charge is 0.137 e. The van der Waals surface area contributed by atoms with E-state index in [1.54, 1.807) is 0 Å². The lowest BCUT2D eigenvalue weighted by Crippen LogP contribution is -2.44. The third-order valence-corrected chi connectivity index (χ3v) is 10.8. The van der Waals surface area contributed by atoms with Crippen LogP contribution in [-0.2, 0) is 5.54 Å². The summed E-state index contributed by atoms with van der Waals surface area (Å²) in [5.74, 6) is 0.756. The number of benzene rings is 3. The first-order valence-electron chi connectivity index (χ1n) is 18.3. The zero-order valence-electron chi connectivity index (χ0n) is 29.6. The van der Waals surface area contributed by atoms with Gasteiger partial charge in [0.2, 0.25) is 0 Å². The third kappa shape index (κ3) is 5.95. The molecule has 0 radical (unpaired) electrons. The van der Waals surface area contributed by atoms with E-state index in [-0.39, 0.29) is 11.7 Å². The summed E-state index contributed by atoms with van der Waals surface area (Å²) in [4.78, 5) is 14.6. The molecule has 5 heterocycles. The van der Waals surface area contributed by atoms with Crippen molar-refractivity contribution >= 4 is 11.5 Å². The first kappa shape index (κ1) is 32.8. The first-order valence-corrected chi connectivity index (χ1v) is 18.3. The minimum Gasteiger partial charge on any atom is -0.354 e. The van der Waals surface area contributed by atoms with Gasteiger partial charge in [-0.05, 0) is 73.1 Å². The van der Waals surface area contributed by atoms with E-state index in [2.05, 4.69) is 148 Å². The van der Waals surface area contributed by atoms with E-state index >= 15 is 0 Å². The van der Waals surface area contributed by atoms with E-state index in [4.69, 9.17) is 15.1 Å². The Kier molecular flexibility index (Phi) is 8.52. The quantitative estimate of drug-likeness (QED) is 0.159. The van der Waals surface area contributed by atoms with Gasteiger partial charge in [0.25, 0.3) is 0 Å². The van der Waals surface area contributed by atoms with Crippen molar-refractivity contribution in [2.24, 2.45) is 5.92 Å². The molecule has 0 bridgehead atoms. The average molecular weight is 698 g/mol. The Labute approximate surface area is 309 Å². The number of aromatic nitrogens is 5. The zero-order valence-corrected chi connectivity index (χ0v) is 29.6. The van der Waals surface area contributed by atoms with E-state index < -0.39 is 5.54 Å². The predicted octanol–water partition coefficient (Wildman–Crippen LogP) is 8.74. The number of hydrogen-bond acceptors (Lipinski definition) is 5. The first-order chi connectivity index (χ1) is 26.1. The second-order valence-corrected chi connectivity index (χ2v) is 14.0. The number of allylic oxidation sites excluding steroid dienone is 4. The van der Waals surface area contributed by atoms with Crippen LogP contribution in [0.3, 0.4) is 0 Å². The van der Waals surface area contributed by atoms with Gasteiger partial charge in [0, 0.05) is 61.2 Å². The molecule has 0 spiro atoms. The molecular formula is C45H40FN7. The number of rotatable bonds is 8. The van der Waals surface area contributed by atoms with Crippen molar-refractivity contribution < 1.29 is 4.39 Å². The molecule has 1 atom stereocenters. The summed E-state index contributed by atoms with van der Waals surface area (Å²) < 4.78 is 18.6. The molecule has 8 heteroatoms. The third-order valence-electron chi connectivity index (χ3n) is 10.8. The number of pyridine rings is 2. The lowest BCUT2D eigenvalue weighted by molar-refractivity contribution is 0.293. The Balaban J connectivity index is 1.24. The molecule has 1 unspecified atom stereocenters. The molecule has 0 saturated carbocycles. The summed E-state index contributed by atoms with van der Waals surface area (Å²) in [5.41, 5.74) is 7.69. The molecule has 1 saturated heterocycles. The van der Waals surface area contributed by atoms with Gasteiger partial charge in [-0.2, -0.15) is 5.10 Å². The van der Waals surface area contributed by atoms with E-state index in [1.165, 1.54) is 12.1 Å². The van der Waals surface area contributed by atoms with E-state index in [0.717, 1.165) is 89.0 Å². The maximum Gasteiger partial charge on any atom is 0.137 e. The molecule has 2 aliphatic rings. The van der Waals surface area contributed by atoms with Crippen LogP contribution >= 0.6 is 0 Å². The average Bonchev–Trinajstić information content (AvgIpc) is 3.86. The number of anilines is 1. The summed E-state index contributed by atoms with van der Waals surface area (Å²) in [7, 11) is 2.16. The number of hydrogen-bond donors (Lipinski definition) is 0. The molecule has 1 aliphatic carbocycles. The lowest BCUT2D eigenvalue weighted by atomic mass is 9.70. The van der Waals surface area contributed by atoms with Crippen LogP contribution in [0.15, 0.2) is 158 Å². The fourth-order valence-electron chi connectivity index (χ4n) is 8.00. The van der Waals surface area contributed by atoms with Gasteiger partial charge in [-0.1, -0.05) is 91.0 Å². The van der Waals surface area contributed by atoms with Crippen LogP contribution in [0, 0.1) is 11.7 Å². The van der Waals surface area contributed by atoms with Gasteiger partial charge in [-0.25, -0.2) is 14.4 Å². The molecular weight excluding hydrogens is 658 g/mol. The summed E-state index contributed by atoms with van der Waals surface area (Å²) >= 11 is 0. The minimum atomic E-state index is -0.686. The maximum absolute atomic E-state index is 14.4. The minimum absolute atomic E-state index is 0.0625. The Hall–Kier alpha value is -6.12. The number of fused-ring (bicyclic) bond motifs is 1. The molecule has 262 valence electrons. The van der Waals surface area contributed by atoms with Crippen LogP contribution in [0.2, 0.25) is 0 Å². The highest BCUT2D eigenvalue weighted by atomic mass is 19.1. The van der Waals surface area contributed by atoms with Gasteiger partial charge >= 0.3 is 0 Å². The highest BCUT2D eigenvalue weighted by molar-refractivity contribution is 5.81. The number of likely N-dealkylation sites (N-methyl/N-ethyl adjacent to an activating group) is 1. The second kappa shape index (κ2) is 13.8. The number of halogens is 1. The predicted molar refractivity (Wildman–Crippen MR) is 210 cm³/mol. The lowest BCUT2D eigenvalue weighted by Gasteiger charge is -2.41. The zero-order chi connectivity index (χ0) is 35.8. The second-order valence-electron chi connectivity index (χ2n) is 14.0. The summed E-state index contributed by atoms with van der Waals surface area (Å²) in [5, 5.41) is 5.49. The number of nitrogens with zero attached hydrogens (tertiary/aromatic N) is 7. The number of imidazole rings is 1. The van der Waals surface area contributed by atoms with Crippen LogP contribution < -0.4 is 4.90 Å². The highest BCUT2D eigenvalue weighted by Gasteiger charge is 2.44. The molecule has 7 nitrogen and oxygen atoms in total. The van der Waals surface area contributed by atoms with Gasteiger partial charge in [0.1, 0.15) is 28.5 Å². The molecule has 0 amide bonds. The van der Waals surface area contributed by atoms with Crippen LogP contribution in [0.5, 0.6) is 0 Å². The van der Waals surface area contributed by atoms with Gasteiger partial charge in [0.05, 0.1) is 17.6 Å². The molecule has 4 aromatic heterocycles. The normalized spacial score (nSPS) is 16.4. The van der Waals surface area contributed by atoms with Crippen molar-refractivity contribution in [3.63, 3.8) is 0 Å². The standard InChI is InChI=1S/C45H40FN7/c1-50-26-28-51(29-27-50)43-19-11-18-40(48-43)41-30-47-42-25-22-34(31-52(41)42)39-32-53(49-44(39)33-20-23-38(46)24-21-33)45(35-12-5-2-6-13-35,36-14-7-3-8-15-36)37-16-9-4-10-17-37/h2-16,18-25,30-32,37H,17,26-29H2,1H3. The van der Waals surface area contributed by atoms with E-state index in [0.29, 0.717) is 0 Å². The summed E-state index contributed by atoms with van der Waals surface area (Å²) in [6, 6.07) is 38.3. The molecule has 3 aromatic carbocycles. The Morgan fingerprint density at radius 3 is 2.13 bits per heavy atom. The van der Waals surface area contributed by atoms with Gasteiger partial charge in [-0.15, -0.1) is 0 Å². The summed E-state index contributed by atoms with van der Waals surface area (Å²) in [6.45, 7) is 3.92. The molecule has 0 N–H and O–H groups in total. The Bertz CT molecular complexity index is 2380. The van der Waals surface area contributed by atoms with Crippen LogP contribution in [0.25, 0.3) is 39.4 Å². The van der Waals surface area contributed by atoms with Crippen molar-refractivity contribution in [1.29, 1.82) is 0 Å². The largest absolute Gasteiger partial charge is 0.354 e. The van der Waals surface area contributed by atoms with Gasteiger partial charge in [-0.3, -0.25) is 9.08 Å². The topological polar surface area (TPSA) is 54.5 Å². The van der Waals surface area contributed by atoms with Gasteiger partial charge in [0.15, 0.2) is 0 Å². The van der Waals surface area contributed by atoms with Crippen LogP contribution in [-0.4, -0.2) is 62.3 Å². The molecule has 9 rings (SSSR count). The monoisotopic (exact) mass is 697 g/mol. The van der Waals surface area contributed by atoms with E-state index in [9.17, 15) is 4.39 Å². The van der Waals surface area contributed by atoms with E-state index in [1.807, 2.05) is 24.4 Å². The molecule has 53 heavy (non-hydrogen) atoms. The molecule has 1 fully saturated rings. The van der Waals surface area contributed by atoms with Crippen molar-refractivity contribution in [3.05, 3.63) is 175 Å². The maximum atomic E-state index is 14.4. The highest BCUT2D eigenvalue weighted by Crippen LogP contribution is 2.46. The SMILES string of the molecule is CN1CCN(c2cccc(-c3cnc4ccc(-c5cn(C(c6ccccc6)(c6ccccc6)C6C=CC=CC6)nc5-c5ccc(F)cc5)cn34)n2)CC1. The fourth-order valence-corrected chi connectivity index (χ4v) is 8.00. The number of piperazine rings is 1. The Morgan fingerprint density at radius 2 is 1.43 bits per heavy atom.